The third-order valence-electron chi connectivity index (χ3n) is 5.16. The fourth-order valence-electron chi connectivity index (χ4n) is 3.98. The third-order valence-corrected chi connectivity index (χ3v) is 6.79. The first-order chi connectivity index (χ1) is 12.8. The summed E-state index contributed by atoms with van der Waals surface area (Å²) in [6, 6.07) is 7.42. The predicted octanol–water partition coefficient (Wildman–Crippen LogP) is 7.82. The van der Waals surface area contributed by atoms with Gasteiger partial charge < -0.3 is 9.84 Å². The summed E-state index contributed by atoms with van der Waals surface area (Å²) >= 11 is 19.4. The Morgan fingerprint density at radius 1 is 1.15 bits per heavy atom. The second-order valence-electron chi connectivity index (χ2n) is 7.29. The highest BCUT2D eigenvalue weighted by Crippen LogP contribution is 2.43. The number of benzene rings is 2. The van der Waals surface area contributed by atoms with Crippen LogP contribution in [0.2, 0.25) is 10.0 Å². The molecule has 1 heterocycles. The van der Waals surface area contributed by atoms with E-state index in [0.29, 0.717) is 21.8 Å². The van der Waals surface area contributed by atoms with Crippen LogP contribution in [0.1, 0.15) is 37.8 Å². The molecule has 27 heavy (non-hydrogen) atoms. The summed E-state index contributed by atoms with van der Waals surface area (Å²) < 4.78 is 8.00. The van der Waals surface area contributed by atoms with Gasteiger partial charge in [0.25, 0.3) is 0 Å². The molecule has 3 unspecified atom stereocenters. The maximum absolute atomic E-state index is 10.4. The topological polar surface area (TPSA) is 29.5 Å². The van der Waals surface area contributed by atoms with Crippen molar-refractivity contribution in [1.82, 2.24) is 0 Å². The van der Waals surface area contributed by atoms with Crippen molar-refractivity contribution >= 4 is 55.1 Å². The van der Waals surface area contributed by atoms with E-state index in [2.05, 4.69) is 45.7 Å². The Bertz CT molecular complexity index is 841. The summed E-state index contributed by atoms with van der Waals surface area (Å²) in [5, 5.41) is 11.7. The van der Waals surface area contributed by atoms with Crippen LogP contribution in [0.3, 0.4) is 0 Å². The first kappa shape index (κ1) is 21.3. The fraction of sp³-hybridized carbons (Fsp3) is 0.429. The monoisotopic (exact) mass is 534 g/mol. The molecule has 0 bridgehead atoms. The molecule has 2 aromatic rings. The molecule has 1 aliphatic rings. The van der Waals surface area contributed by atoms with Crippen LogP contribution in [-0.2, 0) is 12.8 Å². The lowest BCUT2D eigenvalue weighted by molar-refractivity contribution is 0.0588. The fourth-order valence-corrected chi connectivity index (χ4v) is 5.83. The Hall–Kier alpha value is -0.420. The van der Waals surface area contributed by atoms with Crippen molar-refractivity contribution in [2.75, 3.05) is 0 Å². The predicted molar refractivity (Wildman–Crippen MR) is 119 cm³/mol. The standard InChI is InChI=1S/C21H22Br2Cl2O2/c1-3-4-12-6-14-8-16(25)10-18(23)21(14)27-20(12)11(2)5-13-7-15(24)9-17(22)19(13)26/h7-12,20,26H,3-6H2,1-2H3. The molecular weight excluding hydrogens is 515 g/mol. The van der Waals surface area contributed by atoms with Crippen LogP contribution in [0.4, 0.5) is 0 Å². The van der Waals surface area contributed by atoms with Gasteiger partial charge in [-0.15, -0.1) is 0 Å². The van der Waals surface area contributed by atoms with Gasteiger partial charge in [-0.3, -0.25) is 0 Å². The van der Waals surface area contributed by atoms with Crippen molar-refractivity contribution in [1.29, 1.82) is 0 Å². The van der Waals surface area contributed by atoms with Gasteiger partial charge in [0.2, 0.25) is 0 Å². The molecule has 1 N–H and O–H groups in total. The van der Waals surface area contributed by atoms with Gasteiger partial charge in [0.05, 0.1) is 8.95 Å². The second kappa shape index (κ2) is 8.94. The zero-order valence-electron chi connectivity index (χ0n) is 15.2. The smallest absolute Gasteiger partial charge is 0.137 e. The normalized spacial score (nSPS) is 20.1. The van der Waals surface area contributed by atoms with Gasteiger partial charge in [-0.1, -0.05) is 43.5 Å². The number of ether oxygens (including phenoxy) is 1. The first-order valence-corrected chi connectivity index (χ1v) is 11.5. The highest BCUT2D eigenvalue weighted by molar-refractivity contribution is 9.10. The van der Waals surface area contributed by atoms with E-state index >= 15 is 0 Å². The molecular formula is C21H22Br2Cl2O2. The van der Waals surface area contributed by atoms with Crippen molar-refractivity contribution in [3.05, 3.63) is 54.4 Å². The third kappa shape index (κ3) is 4.77. The van der Waals surface area contributed by atoms with Gasteiger partial charge in [0.1, 0.15) is 17.6 Å². The van der Waals surface area contributed by atoms with E-state index in [1.165, 1.54) is 0 Å². The van der Waals surface area contributed by atoms with Crippen LogP contribution in [-0.4, -0.2) is 11.2 Å². The molecule has 0 saturated carbocycles. The van der Waals surface area contributed by atoms with E-state index in [4.69, 9.17) is 27.9 Å². The van der Waals surface area contributed by atoms with E-state index in [-0.39, 0.29) is 17.8 Å². The summed E-state index contributed by atoms with van der Waals surface area (Å²) in [5.41, 5.74) is 1.99. The van der Waals surface area contributed by atoms with Crippen molar-refractivity contribution in [3.8, 4) is 11.5 Å². The zero-order chi connectivity index (χ0) is 19.7. The van der Waals surface area contributed by atoms with E-state index in [1.807, 2.05) is 18.2 Å². The number of fused-ring (bicyclic) bond motifs is 1. The van der Waals surface area contributed by atoms with Crippen molar-refractivity contribution in [2.24, 2.45) is 11.8 Å². The van der Waals surface area contributed by atoms with Crippen LogP contribution in [0, 0.1) is 11.8 Å². The molecule has 0 aliphatic carbocycles. The summed E-state index contributed by atoms with van der Waals surface area (Å²) in [6.45, 7) is 4.38. The number of halogens is 4. The molecule has 0 radical (unpaired) electrons. The zero-order valence-corrected chi connectivity index (χ0v) is 19.9. The van der Waals surface area contributed by atoms with Crippen LogP contribution < -0.4 is 4.74 Å². The van der Waals surface area contributed by atoms with Crippen LogP contribution in [0.25, 0.3) is 0 Å². The SMILES string of the molecule is CCCC1Cc2cc(Cl)cc(Br)c2OC1C(C)Cc1cc(Cl)cc(Br)c1O. The Morgan fingerprint density at radius 2 is 1.81 bits per heavy atom. The van der Waals surface area contributed by atoms with Crippen LogP contribution in [0.5, 0.6) is 11.5 Å². The average molecular weight is 537 g/mol. The second-order valence-corrected chi connectivity index (χ2v) is 9.87. The number of aromatic hydroxyl groups is 1. The maximum Gasteiger partial charge on any atom is 0.137 e. The maximum atomic E-state index is 10.4. The molecule has 3 rings (SSSR count). The van der Waals surface area contributed by atoms with Crippen molar-refractivity contribution in [3.63, 3.8) is 0 Å². The van der Waals surface area contributed by atoms with E-state index in [0.717, 1.165) is 45.6 Å². The molecule has 3 atom stereocenters. The number of phenolic OH excluding ortho intramolecular Hbond substituents is 1. The van der Waals surface area contributed by atoms with E-state index in [9.17, 15) is 5.11 Å². The average Bonchev–Trinajstić information content (AvgIpc) is 2.58. The van der Waals surface area contributed by atoms with Crippen LogP contribution >= 0.6 is 55.1 Å². The molecule has 0 fully saturated rings. The van der Waals surface area contributed by atoms with Gasteiger partial charge in [-0.2, -0.15) is 0 Å². The highest BCUT2D eigenvalue weighted by atomic mass is 79.9. The highest BCUT2D eigenvalue weighted by Gasteiger charge is 2.35. The van der Waals surface area contributed by atoms with Gasteiger partial charge >= 0.3 is 0 Å². The molecule has 0 saturated heterocycles. The molecule has 2 nitrogen and oxygen atoms in total. The summed E-state index contributed by atoms with van der Waals surface area (Å²) in [4.78, 5) is 0. The number of hydrogen-bond donors (Lipinski definition) is 1. The quantitative estimate of drug-likeness (QED) is 0.422. The van der Waals surface area contributed by atoms with Crippen molar-refractivity contribution in [2.45, 2.75) is 45.6 Å². The summed E-state index contributed by atoms with van der Waals surface area (Å²) in [6.07, 6.45) is 3.89. The minimum atomic E-state index is 0.0621. The largest absolute Gasteiger partial charge is 0.506 e. The summed E-state index contributed by atoms with van der Waals surface area (Å²) in [7, 11) is 0. The lowest BCUT2D eigenvalue weighted by atomic mass is 9.80. The van der Waals surface area contributed by atoms with Gasteiger partial charge in [-0.05, 0) is 92.4 Å². The Labute approximate surface area is 187 Å². The lowest BCUT2D eigenvalue weighted by Gasteiger charge is -2.38. The molecule has 146 valence electrons. The molecule has 0 aromatic heterocycles. The Morgan fingerprint density at radius 3 is 2.52 bits per heavy atom. The lowest BCUT2D eigenvalue weighted by Crippen LogP contribution is -2.39. The minimum Gasteiger partial charge on any atom is -0.506 e. The molecule has 0 spiro atoms. The van der Waals surface area contributed by atoms with Crippen molar-refractivity contribution < 1.29 is 9.84 Å². The minimum absolute atomic E-state index is 0.0621. The molecule has 2 aromatic carbocycles. The Kier molecular flexibility index (Phi) is 7.05. The molecule has 0 amide bonds. The number of phenols is 1. The molecule has 6 heteroatoms. The number of hydrogen-bond acceptors (Lipinski definition) is 2. The first-order valence-electron chi connectivity index (χ1n) is 9.11. The van der Waals surface area contributed by atoms with Crippen LogP contribution in [0.15, 0.2) is 33.2 Å². The molecule has 1 aliphatic heterocycles. The Balaban J connectivity index is 1.89. The number of rotatable bonds is 5. The van der Waals surface area contributed by atoms with Gasteiger partial charge in [0.15, 0.2) is 0 Å². The van der Waals surface area contributed by atoms with E-state index in [1.54, 1.807) is 6.07 Å². The van der Waals surface area contributed by atoms with Gasteiger partial charge in [-0.25, -0.2) is 0 Å². The van der Waals surface area contributed by atoms with Gasteiger partial charge in [0, 0.05) is 16.0 Å². The summed E-state index contributed by atoms with van der Waals surface area (Å²) in [5.74, 6) is 1.77. The van der Waals surface area contributed by atoms with E-state index < -0.39 is 0 Å².